The second-order valence-electron chi connectivity index (χ2n) is 6.11. The van der Waals surface area contributed by atoms with Crippen LogP contribution in [-0.4, -0.2) is 19.3 Å². The fourth-order valence-electron chi connectivity index (χ4n) is 2.64. The SMILES string of the molecule is c1ccc(COCCCCCCCCCC[C@@H]2CO2)cc1. The van der Waals surface area contributed by atoms with E-state index in [4.69, 9.17) is 9.47 Å². The molecule has 1 aromatic rings. The molecule has 118 valence electrons. The molecular formula is C19H30O2. The van der Waals surface area contributed by atoms with Crippen molar-refractivity contribution >= 4 is 0 Å². The van der Waals surface area contributed by atoms with Crippen molar-refractivity contribution in [3.63, 3.8) is 0 Å². The number of ether oxygens (including phenoxy) is 2. The maximum atomic E-state index is 5.70. The van der Waals surface area contributed by atoms with Gasteiger partial charge in [-0.25, -0.2) is 0 Å². The van der Waals surface area contributed by atoms with Crippen molar-refractivity contribution in [3.8, 4) is 0 Å². The van der Waals surface area contributed by atoms with Gasteiger partial charge >= 0.3 is 0 Å². The van der Waals surface area contributed by atoms with E-state index in [0.717, 1.165) is 19.8 Å². The molecule has 0 unspecified atom stereocenters. The lowest BCUT2D eigenvalue weighted by Crippen LogP contribution is -1.95. The van der Waals surface area contributed by atoms with Gasteiger partial charge in [-0.15, -0.1) is 0 Å². The monoisotopic (exact) mass is 290 g/mol. The molecule has 0 bridgehead atoms. The molecule has 0 aliphatic carbocycles. The third-order valence-electron chi connectivity index (χ3n) is 4.08. The van der Waals surface area contributed by atoms with Crippen LogP contribution in [0, 0.1) is 0 Å². The maximum Gasteiger partial charge on any atom is 0.0810 e. The van der Waals surface area contributed by atoms with E-state index in [0.29, 0.717) is 6.10 Å². The average molecular weight is 290 g/mol. The molecule has 21 heavy (non-hydrogen) atoms. The van der Waals surface area contributed by atoms with Crippen LogP contribution in [-0.2, 0) is 16.1 Å². The number of epoxide rings is 1. The van der Waals surface area contributed by atoms with Crippen LogP contribution in [0.5, 0.6) is 0 Å². The Morgan fingerprint density at radius 2 is 1.48 bits per heavy atom. The van der Waals surface area contributed by atoms with Crippen molar-refractivity contribution in [1.29, 1.82) is 0 Å². The van der Waals surface area contributed by atoms with E-state index in [1.165, 1.54) is 63.4 Å². The van der Waals surface area contributed by atoms with Gasteiger partial charge in [0.05, 0.1) is 19.3 Å². The lowest BCUT2D eigenvalue weighted by molar-refractivity contribution is 0.116. The Labute approximate surface area is 129 Å². The highest BCUT2D eigenvalue weighted by atomic mass is 16.6. The molecule has 1 saturated heterocycles. The topological polar surface area (TPSA) is 21.8 Å². The maximum absolute atomic E-state index is 5.70. The van der Waals surface area contributed by atoms with E-state index >= 15 is 0 Å². The van der Waals surface area contributed by atoms with Crippen LogP contribution in [0.25, 0.3) is 0 Å². The van der Waals surface area contributed by atoms with Gasteiger partial charge in [0.25, 0.3) is 0 Å². The van der Waals surface area contributed by atoms with E-state index in [1.54, 1.807) is 0 Å². The lowest BCUT2D eigenvalue weighted by atomic mass is 10.1. The molecule has 1 aromatic carbocycles. The van der Waals surface area contributed by atoms with Gasteiger partial charge in [-0.1, -0.05) is 75.3 Å². The Morgan fingerprint density at radius 3 is 2.14 bits per heavy atom. The molecular weight excluding hydrogens is 260 g/mol. The molecule has 1 aliphatic rings. The Kier molecular flexibility index (Phi) is 8.50. The molecule has 2 rings (SSSR count). The summed E-state index contributed by atoms with van der Waals surface area (Å²) in [7, 11) is 0. The molecule has 0 amide bonds. The van der Waals surface area contributed by atoms with Crippen molar-refractivity contribution in [2.75, 3.05) is 13.2 Å². The first-order valence-electron chi connectivity index (χ1n) is 8.68. The number of benzene rings is 1. The highest BCUT2D eigenvalue weighted by Gasteiger charge is 2.20. The van der Waals surface area contributed by atoms with Crippen LogP contribution in [0.15, 0.2) is 30.3 Å². The van der Waals surface area contributed by atoms with Gasteiger partial charge in [0, 0.05) is 6.61 Å². The van der Waals surface area contributed by atoms with Crippen LogP contribution in [0.3, 0.4) is 0 Å². The summed E-state index contributed by atoms with van der Waals surface area (Å²) >= 11 is 0. The Hall–Kier alpha value is -0.860. The minimum Gasteiger partial charge on any atom is -0.377 e. The summed E-state index contributed by atoms with van der Waals surface area (Å²) in [6, 6.07) is 10.4. The molecule has 2 nitrogen and oxygen atoms in total. The van der Waals surface area contributed by atoms with Gasteiger partial charge in [0.15, 0.2) is 0 Å². The summed E-state index contributed by atoms with van der Waals surface area (Å²) in [5.74, 6) is 0. The fourth-order valence-corrected chi connectivity index (χ4v) is 2.64. The zero-order valence-corrected chi connectivity index (χ0v) is 13.3. The van der Waals surface area contributed by atoms with Crippen LogP contribution in [0.1, 0.15) is 63.4 Å². The van der Waals surface area contributed by atoms with Gasteiger partial charge < -0.3 is 9.47 Å². The standard InChI is InChI=1S/C19H30O2/c1(3-5-10-14-19-17-21-19)2-4-6-11-15-20-16-18-12-8-7-9-13-18/h7-9,12-13,19H,1-6,10-11,14-17H2/t19-/m1/s1. The Bertz CT molecular complexity index is 346. The zero-order chi connectivity index (χ0) is 14.6. The minimum atomic E-state index is 0.626. The van der Waals surface area contributed by atoms with Crippen LogP contribution in [0.2, 0.25) is 0 Å². The summed E-state index contributed by atoms with van der Waals surface area (Å²) < 4.78 is 10.9. The van der Waals surface area contributed by atoms with Crippen molar-refractivity contribution in [2.45, 2.75) is 70.5 Å². The molecule has 0 spiro atoms. The first-order valence-corrected chi connectivity index (χ1v) is 8.68. The summed E-state index contributed by atoms with van der Waals surface area (Å²) in [4.78, 5) is 0. The molecule has 2 heteroatoms. The van der Waals surface area contributed by atoms with Crippen LogP contribution >= 0.6 is 0 Å². The summed E-state index contributed by atoms with van der Waals surface area (Å²) in [6.07, 6.45) is 12.7. The van der Waals surface area contributed by atoms with Crippen LogP contribution < -0.4 is 0 Å². The zero-order valence-electron chi connectivity index (χ0n) is 13.3. The Balaban J connectivity index is 1.27. The fraction of sp³-hybridized carbons (Fsp3) is 0.684. The van der Waals surface area contributed by atoms with Crippen molar-refractivity contribution < 1.29 is 9.47 Å². The van der Waals surface area contributed by atoms with Gasteiger partial charge in [-0.05, 0) is 18.4 Å². The summed E-state index contributed by atoms with van der Waals surface area (Å²) in [5.41, 5.74) is 1.27. The first kappa shape index (κ1) is 16.5. The lowest BCUT2D eigenvalue weighted by Gasteiger charge is -2.04. The molecule has 0 aromatic heterocycles. The van der Waals surface area contributed by atoms with E-state index in [1.807, 2.05) is 6.07 Å². The summed E-state index contributed by atoms with van der Waals surface area (Å²) in [6.45, 7) is 2.67. The molecule has 1 heterocycles. The normalized spacial score (nSPS) is 17.0. The highest BCUT2D eigenvalue weighted by Crippen LogP contribution is 2.18. The Morgan fingerprint density at radius 1 is 0.857 bits per heavy atom. The predicted octanol–water partition coefficient (Wildman–Crippen LogP) is 5.11. The molecule has 0 saturated carbocycles. The summed E-state index contributed by atoms with van der Waals surface area (Å²) in [5, 5.41) is 0. The van der Waals surface area contributed by atoms with Crippen molar-refractivity contribution in [3.05, 3.63) is 35.9 Å². The molecule has 1 atom stereocenters. The molecule has 0 N–H and O–H groups in total. The average Bonchev–Trinajstić information content (AvgIpc) is 3.34. The number of hydrogen-bond donors (Lipinski definition) is 0. The van der Waals surface area contributed by atoms with E-state index in [-0.39, 0.29) is 0 Å². The predicted molar refractivity (Wildman–Crippen MR) is 87.4 cm³/mol. The van der Waals surface area contributed by atoms with E-state index < -0.39 is 0 Å². The van der Waals surface area contributed by atoms with Crippen molar-refractivity contribution in [2.24, 2.45) is 0 Å². The minimum absolute atomic E-state index is 0.626. The van der Waals surface area contributed by atoms with E-state index in [9.17, 15) is 0 Å². The number of rotatable bonds is 13. The van der Waals surface area contributed by atoms with Crippen molar-refractivity contribution in [1.82, 2.24) is 0 Å². The molecule has 0 radical (unpaired) electrons. The molecule has 1 aliphatic heterocycles. The third kappa shape index (κ3) is 8.90. The smallest absolute Gasteiger partial charge is 0.0810 e. The second kappa shape index (κ2) is 10.8. The first-order chi connectivity index (χ1) is 10.4. The highest BCUT2D eigenvalue weighted by molar-refractivity contribution is 5.13. The van der Waals surface area contributed by atoms with Gasteiger partial charge in [0.1, 0.15) is 0 Å². The molecule has 1 fully saturated rings. The largest absolute Gasteiger partial charge is 0.377 e. The second-order valence-corrected chi connectivity index (χ2v) is 6.11. The number of unbranched alkanes of at least 4 members (excludes halogenated alkanes) is 7. The number of hydrogen-bond acceptors (Lipinski definition) is 2. The van der Waals surface area contributed by atoms with Gasteiger partial charge in [-0.3, -0.25) is 0 Å². The van der Waals surface area contributed by atoms with Crippen LogP contribution in [0.4, 0.5) is 0 Å². The van der Waals surface area contributed by atoms with Gasteiger partial charge in [-0.2, -0.15) is 0 Å². The third-order valence-corrected chi connectivity index (χ3v) is 4.08. The quantitative estimate of drug-likeness (QED) is 0.372. The van der Waals surface area contributed by atoms with Gasteiger partial charge in [0.2, 0.25) is 0 Å². The van der Waals surface area contributed by atoms with E-state index in [2.05, 4.69) is 24.3 Å².